The molecule has 172 valence electrons. The second-order valence-electron chi connectivity index (χ2n) is 8.98. The van der Waals surface area contributed by atoms with Crippen LogP contribution in [0.3, 0.4) is 0 Å². The summed E-state index contributed by atoms with van der Waals surface area (Å²) < 4.78 is 33.1. The van der Waals surface area contributed by atoms with Gasteiger partial charge in [0, 0.05) is 32.6 Å². The summed E-state index contributed by atoms with van der Waals surface area (Å²) in [5, 5.41) is 3.06. The number of rotatable bonds is 7. The van der Waals surface area contributed by atoms with Crippen LogP contribution < -0.4 is 10.2 Å². The predicted molar refractivity (Wildman–Crippen MR) is 122 cm³/mol. The number of sulfonamides is 1. The van der Waals surface area contributed by atoms with E-state index in [4.69, 9.17) is 4.74 Å². The van der Waals surface area contributed by atoms with E-state index in [0.29, 0.717) is 44.3 Å². The minimum absolute atomic E-state index is 0.0221. The molecule has 7 nitrogen and oxygen atoms in total. The van der Waals surface area contributed by atoms with Gasteiger partial charge in [-0.05, 0) is 49.8 Å². The molecular weight excluding hydrogens is 414 g/mol. The van der Waals surface area contributed by atoms with Crippen molar-refractivity contribution in [1.82, 2.24) is 4.31 Å². The maximum atomic E-state index is 13.2. The second-order valence-corrected chi connectivity index (χ2v) is 10.9. The maximum absolute atomic E-state index is 13.2. The highest BCUT2D eigenvalue weighted by atomic mass is 32.2. The number of amides is 1. The van der Waals surface area contributed by atoms with E-state index >= 15 is 0 Å². The smallest absolute Gasteiger partial charge is 0.243 e. The number of nitrogens with zero attached hydrogens (tertiary/aromatic N) is 2. The van der Waals surface area contributed by atoms with Gasteiger partial charge < -0.3 is 15.0 Å². The molecule has 1 amide bonds. The third-order valence-electron chi connectivity index (χ3n) is 6.80. The molecule has 31 heavy (non-hydrogen) atoms. The lowest BCUT2D eigenvalue weighted by molar-refractivity contribution is -0.116. The van der Waals surface area contributed by atoms with Crippen molar-refractivity contribution in [3.63, 3.8) is 0 Å². The number of hydrogen-bond donors (Lipinski definition) is 1. The largest absolute Gasteiger partial charge is 0.379 e. The molecule has 0 spiro atoms. The number of carbonyl (C=O) groups is 1. The van der Waals surface area contributed by atoms with E-state index in [-0.39, 0.29) is 10.8 Å². The molecule has 0 unspecified atom stereocenters. The zero-order chi connectivity index (χ0) is 21.7. The molecule has 1 N–H and O–H groups in total. The van der Waals surface area contributed by atoms with E-state index in [2.05, 4.69) is 10.2 Å². The van der Waals surface area contributed by atoms with E-state index in [1.54, 1.807) is 12.1 Å². The summed E-state index contributed by atoms with van der Waals surface area (Å²) in [5.74, 6) is 0.631. The van der Waals surface area contributed by atoms with Crippen LogP contribution in [0.15, 0.2) is 23.1 Å². The van der Waals surface area contributed by atoms with Gasteiger partial charge in [0.25, 0.3) is 0 Å². The van der Waals surface area contributed by atoms with Crippen LogP contribution in [0.5, 0.6) is 0 Å². The number of nitrogens with one attached hydrogen (secondary N) is 1. The van der Waals surface area contributed by atoms with Crippen molar-refractivity contribution in [2.75, 3.05) is 49.6 Å². The molecule has 0 bridgehead atoms. The first-order valence-electron chi connectivity index (χ1n) is 11.8. The van der Waals surface area contributed by atoms with Gasteiger partial charge in [-0.2, -0.15) is 4.31 Å². The average molecular weight is 450 g/mol. The molecule has 1 saturated carbocycles. The second kappa shape index (κ2) is 10.3. The summed E-state index contributed by atoms with van der Waals surface area (Å²) in [7, 11) is -3.61. The third kappa shape index (κ3) is 5.59. The molecule has 1 aromatic rings. The van der Waals surface area contributed by atoms with Gasteiger partial charge in [0.15, 0.2) is 0 Å². The zero-order valence-corrected chi connectivity index (χ0v) is 19.2. The molecule has 3 aliphatic rings. The molecule has 8 heteroatoms. The Morgan fingerprint density at radius 2 is 1.71 bits per heavy atom. The predicted octanol–water partition coefficient (Wildman–Crippen LogP) is 3.61. The van der Waals surface area contributed by atoms with Crippen LogP contribution in [0, 0.1) is 5.92 Å². The van der Waals surface area contributed by atoms with Crippen LogP contribution in [0.1, 0.15) is 57.8 Å². The highest BCUT2D eigenvalue weighted by Crippen LogP contribution is 2.33. The van der Waals surface area contributed by atoms with Crippen molar-refractivity contribution in [2.24, 2.45) is 5.92 Å². The standard InChI is InChI=1S/C23H35N3O4S/c27-23(11-8-19-6-2-3-7-19)24-21-18-20(31(28,29)26-14-16-30-17-15-26)9-10-22(21)25-12-4-1-5-13-25/h9-10,18-19H,1-8,11-17H2,(H,24,27). The van der Waals surface area contributed by atoms with Crippen molar-refractivity contribution in [3.8, 4) is 0 Å². The number of hydrogen-bond acceptors (Lipinski definition) is 5. The van der Waals surface area contributed by atoms with Crippen LogP contribution in [0.2, 0.25) is 0 Å². The fourth-order valence-corrected chi connectivity index (χ4v) is 6.40. The molecule has 0 atom stereocenters. The van der Waals surface area contributed by atoms with Gasteiger partial charge >= 0.3 is 0 Å². The number of ether oxygens (including phenoxy) is 1. The lowest BCUT2D eigenvalue weighted by Gasteiger charge is -2.31. The van der Waals surface area contributed by atoms with E-state index in [0.717, 1.165) is 38.0 Å². The molecule has 0 radical (unpaired) electrons. The summed E-state index contributed by atoms with van der Waals surface area (Å²) >= 11 is 0. The Hall–Kier alpha value is -1.64. The van der Waals surface area contributed by atoms with Crippen LogP contribution in [-0.2, 0) is 19.6 Å². The maximum Gasteiger partial charge on any atom is 0.243 e. The summed E-state index contributed by atoms with van der Waals surface area (Å²) in [5.41, 5.74) is 1.54. The van der Waals surface area contributed by atoms with Crippen LogP contribution in [0.4, 0.5) is 11.4 Å². The van der Waals surface area contributed by atoms with Gasteiger partial charge in [0.05, 0.1) is 29.5 Å². The van der Waals surface area contributed by atoms with Crippen molar-refractivity contribution in [1.29, 1.82) is 0 Å². The van der Waals surface area contributed by atoms with Crippen LogP contribution in [-0.4, -0.2) is 58.0 Å². The van der Waals surface area contributed by atoms with E-state index in [1.165, 1.54) is 36.4 Å². The minimum Gasteiger partial charge on any atom is -0.379 e. The average Bonchev–Trinajstić information content (AvgIpc) is 3.33. The third-order valence-corrected chi connectivity index (χ3v) is 8.70. The van der Waals surface area contributed by atoms with Crippen LogP contribution >= 0.6 is 0 Å². The fourth-order valence-electron chi connectivity index (χ4n) is 4.97. The molecule has 2 aliphatic heterocycles. The summed E-state index contributed by atoms with van der Waals surface area (Å²) in [6, 6.07) is 5.20. The minimum atomic E-state index is -3.61. The fraction of sp³-hybridized carbons (Fsp3) is 0.696. The normalized spacial score (nSPS) is 21.4. The molecule has 1 aromatic carbocycles. The van der Waals surface area contributed by atoms with Gasteiger partial charge in [-0.25, -0.2) is 8.42 Å². The molecule has 2 saturated heterocycles. The first-order valence-corrected chi connectivity index (χ1v) is 13.2. The summed E-state index contributed by atoms with van der Waals surface area (Å²) in [4.78, 5) is 15.3. The van der Waals surface area contributed by atoms with Crippen molar-refractivity contribution < 1.29 is 17.9 Å². The molecule has 2 heterocycles. The van der Waals surface area contributed by atoms with Crippen LogP contribution in [0.25, 0.3) is 0 Å². The Bertz CT molecular complexity index is 856. The quantitative estimate of drug-likeness (QED) is 0.688. The highest BCUT2D eigenvalue weighted by molar-refractivity contribution is 7.89. The topological polar surface area (TPSA) is 79.0 Å². The van der Waals surface area contributed by atoms with Gasteiger partial charge in [0.1, 0.15) is 0 Å². The monoisotopic (exact) mass is 449 g/mol. The first-order chi connectivity index (χ1) is 15.0. The molecule has 3 fully saturated rings. The molecule has 1 aliphatic carbocycles. The SMILES string of the molecule is O=C(CCC1CCCC1)Nc1cc(S(=O)(=O)N2CCOCC2)ccc1N1CCCCC1. The Labute approximate surface area is 186 Å². The zero-order valence-electron chi connectivity index (χ0n) is 18.4. The van der Waals surface area contributed by atoms with Crippen molar-refractivity contribution >= 4 is 27.3 Å². The summed E-state index contributed by atoms with van der Waals surface area (Å²) in [6.07, 6.45) is 9.83. The Morgan fingerprint density at radius 1 is 1.00 bits per heavy atom. The number of morpholine rings is 1. The molecule has 4 rings (SSSR count). The van der Waals surface area contributed by atoms with E-state index in [9.17, 15) is 13.2 Å². The Balaban J connectivity index is 1.54. The van der Waals surface area contributed by atoms with Gasteiger partial charge in [0.2, 0.25) is 15.9 Å². The highest BCUT2D eigenvalue weighted by Gasteiger charge is 2.28. The number of anilines is 2. The molecule has 0 aromatic heterocycles. The number of benzene rings is 1. The lowest BCUT2D eigenvalue weighted by Crippen LogP contribution is -2.40. The first kappa shape index (κ1) is 22.6. The van der Waals surface area contributed by atoms with Gasteiger partial charge in [-0.1, -0.05) is 25.7 Å². The number of carbonyl (C=O) groups excluding carboxylic acids is 1. The number of piperidine rings is 1. The molecular formula is C23H35N3O4S. The Kier molecular flexibility index (Phi) is 7.51. The van der Waals surface area contributed by atoms with E-state index < -0.39 is 10.0 Å². The van der Waals surface area contributed by atoms with E-state index in [1.807, 2.05) is 6.07 Å². The Morgan fingerprint density at radius 3 is 2.42 bits per heavy atom. The van der Waals surface area contributed by atoms with Crippen molar-refractivity contribution in [3.05, 3.63) is 18.2 Å². The summed E-state index contributed by atoms with van der Waals surface area (Å²) in [6.45, 7) is 3.41. The van der Waals surface area contributed by atoms with Gasteiger partial charge in [-0.15, -0.1) is 0 Å². The lowest BCUT2D eigenvalue weighted by atomic mass is 10.0. The van der Waals surface area contributed by atoms with Gasteiger partial charge in [-0.3, -0.25) is 4.79 Å². The van der Waals surface area contributed by atoms with Crippen molar-refractivity contribution in [2.45, 2.75) is 62.7 Å².